The Morgan fingerprint density at radius 2 is 2.05 bits per heavy atom. The number of benzene rings is 1. The van der Waals surface area contributed by atoms with Crippen molar-refractivity contribution >= 4 is 17.7 Å². The molecule has 0 saturated heterocycles. The van der Waals surface area contributed by atoms with Crippen molar-refractivity contribution in [2.75, 3.05) is 11.9 Å². The SMILES string of the molecule is CC#CCCNC(=O)Nc1ccccc1CCC(=O)O. The molecule has 1 aromatic carbocycles. The summed E-state index contributed by atoms with van der Waals surface area (Å²) >= 11 is 0. The van der Waals surface area contributed by atoms with Gasteiger partial charge in [-0.05, 0) is 25.0 Å². The standard InChI is InChI=1S/C15H18N2O3/c1-2-3-6-11-16-15(20)17-13-8-5-4-7-12(13)9-10-14(18)19/h4-5,7-8H,6,9-11H2,1H3,(H,18,19)(H2,16,17,20). The molecule has 0 aliphatic carbocycles. The molecule has 2 amide bonds. The summed E-state index contributed by atoms with van der Waals surface area (Å²) in [5.41, 5.74) is 1.44. The summed E-state index contributed by atoms with van der Waals surface area (Å²) in [6.45, 7) is 2.22. The zero-order valence-electron chi connectivity index (χ0n) is 11.4. The van der Waals surface area contributed by atoms with E-state index in [9.17, 15) is 9.59 Å². The Balaban J connectivity index is 2.54. The summed E-state index contributed by atoms with van der Waals surface area (Å²) in [6.07, 6.45) is 1.02. The smallest absolute Gasteiger partial charge is 0.319 e. The molecule has 3 N–H and O–H groups in total. The second-order valence-electron chi connectivity index (χ2n) is 4.11. The van der Waals surface area contributed by atoms with Gasteiger partial charge in [-0.2, -0.15) is 0 Å². The van der Waals surface area contributed by atoms with E-state index < -0.39 is 5.97 Å². The van der Waals surface area contributed by atoms with E-state index >= 15 is 0 Å². The number of carboxylic acids is 1. The summed E-state index contributed by atoms with van der Waals surface area (Å²) in [7, 11) is 0. The van der Waals surface area contributed by atoms with E-state index in [0.717, 1.165) is 5.56 Å². The van der Waals surface area contributed by atoms with Crippen LogP contribution in [0.2, 0.25) is 0 Å². The van der Waals surface area contributed by atoms with Crippen LogP contribution < -0.4 is 10.6 Å². The van der Waals surface area contributed by atoms with Crippen molar-refractivity contribution in [2.24, 2.45) is 0 Å². The number of hydrogen-bond acceptors (Lipinski definition) is 2. The van der Waals surface area contributed by atoms with Crippen LogP contribution in [0.25, 0.3) is 0 Å². The van der Waals surface area contributed by atoms with Gasteiger partial charge in [0.25, 0.3) is 0 Å². The number of para-hydroxylation sites is 1. The molecule has 1 aromatic rings. The molecule has 0 saturated carbocycles. The minimum absolute atomic E-state index is 0.0341. The largest absolute Gasteiger partial charge is 0.481 e. The van der Waals surface area contributed by atoms with Crippen LogP contribution >= 0.6 is 0 Å². The number of hydrogen-bond donors (Lipinski definition) is 3. The highest BCUT2D eigenvalue weighted by molar-refractivity contribution is 5.90. The zero-order chi connectivity index (χ0) is 14.8. The number of anilines is 1. The Labute approximate surface area is 118 Å². The highest BCUT2D eigenvalue weighted by atomic mass is 16.4. The van der Waals surface area contributed by atoms with Gasteiger partial charge in [0.1, 0.15) is 0 Å². The minimum Gasteiger partial charge on any atom is -0.481 e. The first-order chi connectivity index (χ1) is 9.63. The molecule has 20 heavy (non-hydrogen) atoms. The highest BCUT2D eigenvalue weighted by Crippen LogP contribution is 2.16. The molecule has 0 fully saturated rings. The maximum atomic E-state index is 11.7. The van der Waals surface area contributed by atoms with Gasteiger partial charge in [-0.25, -0.2) is 4.79 Å². The Morgan fingerprint density at radius 3 is 2.75 bits per heavy atom. The monoisotopic (exact) mass is 274 g/mol. The number of urea groups is 1. The maximum Gasteiger partial charge on any atom is 0.319 e. The molecule has 0 atom stereocenters. The average Bonchev–Trinajstić information content (AvgIpc) is 2.42. The van der Waals surface area contributed by atoms with E-state index in [2.05, 4.69) is 22.5 Å². The molecule has 0 spiro atoms. The van der Waals surface area contributed by atoms with E-state index in [1.165, 1.54) is 0 Å². The van der Waals surface area contributed by atoms with Gasteiger partial charge in [-0.1, -0.05) is 18.2 Å². The van der Waals surface area contributed by atoms with Gasteiger partial charge in [-0.3, -0.25) is 4.79 Å². The molecule has 0 aromatic heterocycles. The third kappa shape index (κ3) is 5.91. The quantitative estimate of drug-likeness (QED) is 0.550. The molecule has 106 valence electrons. The number of aliphatic carboxylic acids is 1. The van der Waals surface area contributed by atoms with Crippen molar-refractivity contribution < 1.29 is 14.7 Å². The van der Waals surface area contributed by atoms with Gasteiger partial charge in [0.15, 0.2) is 0 Å². The number of carbonyl (C=O) groups excluding carboxylic acids is 1. The summed E-state index contributed by atoms with van der Waals surface area (Å²) in [5, 5.41) is 14.1. The summed E-state index contributed by atoms with van der Waals surface area (Å²) < 4.78 is 0. The third-order valence-electron chi connectivity index (χ3n) is 2.59. The summed E-state index contributed by atoms with van der Waals surface area (Å²) in [6, 6.07) is 6.86. The predicted molar refractivity (Wildman–Crippen MR) is 77.5 cm³/mol. The van der Waals surface area contributed by atoms with Crippen molar-refractivity contribution in [3.63, 3.8) is 0 Å². The molecule has 0 unspecified atom stereocenters. The maximum absolute atomic E-state index is 11.7. The molecule has 0 aliphatic heterocycles. The summed E-state index contributed by atoms with van der Waals surface area (Å²) in [4.78, 5) is 22.3. The van der Waals surface area contributed by atoms with E-state index in [0.29, 0.717) is 25.1 Å². The van der Waals surface area contributed by atoms with Gasteiger partial charge in [0.05, 0.1) is 0 Å². The molecular formula is C15H18N2O3. The van der Waals surface area contributed by atoms with Crippen LogP contribution in [0.1, 0.15) is 25.3 Å². The van der Waals surface area contributed by atoms with Gasteiger partial charge < -0.3 is 15.7 Å². The zero-order valence-corrected chi connectivity index (χ0v) is 11.4. The van der Waals surface area contributed by atoms with Gasteiger partial charge in [0, 0.05) is 25.1 Å². The fraction of sp³-hybridized carbons (Fsp3) is 0.333. The third-order valence-corrected chi connectivity index (χ3v) is 2.59. The Bertz CT molecular complexity index is 529. The van der Waals surface area contributed by atoms with Crippen molar-refractivity contribution in [3.05, 3.63) is 29.8 Å². The van der Waals surface area contributed by atoms with E-state index in [1.54, 1.807) is 25.1 Å². The lowest BCUT2D eigenvalue weighted by molar-refractivity contribution is -0.136. The van der Waals surface area contributed by atoms with Crippen LogP contribution in [-0.2, 0) is 11.2 Å². The first-order valence-electron chi connectivity index (χ1n) is 6.37. The first-order valence-corrected chi connectivity index (χ1v) is 6.37. The van der Waals surface area contributed by atoms with Crippen molar-refractivity contribution in [3.8, 4) is 11.8 Å². The molecule has 0 aliphatic rings. The lowest BCUT2D eigenvalue weighted by Gasteiger charge is -2.10. The topological polar surface area (TPSA) is 78.4 Å². The van der Waals surface area contributed by atoms with E-state index in [-0.39, 0.29) is 12.5 Å². The van der Waals surface area contributed by atoms with Crippen molar-refractivity contribution in [2.45, 2.75) is 26.2 Å². The average molecular weight is 274 g/mol. The Hall–Kier alpha value is -2.48. The molecule has 1 rings (SSSR count). The van der Waals surface area contributed by atoms with Crippen LogP contribution in [0, 0.1) is 11.8 Å². The number of nitrogens with one attached hydrogen (secondary N) is 2. The van der Waals surface area contributed by atoms with Gasteiger partial charge >= 0.3 is 12.0 Å². The first kappa shape index (κ1) is 15.6. The van der Waals surface area contributed by atoms with Crippen LogP contribution in [0.3, 0.4) is 0 Å². The summed E-state index contributed by atoms with van der Waals surface area (Å²) in [5.74, 6) is 4.75. The van der Waals surface area contributed by atoms with Crippen molar-refractivity contribution in [1.29, 1.82) is 0 Å². The fourth-order valence-corrected chi connectivity index (χ4v) is 1.63. The molecular weight excluding hydrogens is 256 g/mol. The number of rotatable bonds is 6. The number of aryl methyl sites for hydroxylation is 1. The Kier molecular flexibility index (Phi) is 6.69. The minimum atomic E-state index is -0.859. The molecule has 0 heterocycles. The molecule has 5 nitrogen and oxygen atoms in total. The van der Waals surface area contributed by atoms with Crippen molar-refractivity contribution in [1.82, 2.24) is 5.32 Å². The van der Waals surface area contributed by atoms with Crippen LogP contribution in [0.4, 0.5) is 10.5 Å². The van der Waals surface area contributed by atoms with E-state index in [4.69, 9.17) is 5.11 Å². The van der Waals surface area contributed by atoms with Crippen LogP contribution in [0.5, 0.6) is 0 Å². The molecule has 0 bridgehead atoms. The second-order valence-corrected chi connectivity index (χ2v) is 4.11. The lowest BCUT2D eigenvalue weighted by atomic mass is 10.1. The highest BCUT2D eigenvalue weighted by Gasteiger charge is 2.07. The number of carbonyl (C=O) groups is 2. The number of amides is 2. The lowest BCUT2D eigenvalue weighted by Crippen LogP contribution is -2.29. The fourth-order valence-electron chi connectivity index (χ4n) is 1.63. The predicted octanol–water partition coefficient (Wildman–Crippen LogP) is 2.24. The molecule has 0 radical (unpaired) electrons. The second kappa shape index (κ2) is 8.59. The Morgan fingerprint density at radius 1 is 1.30 bits per heavy atom. The van der Waals surface area contributed by atoms with Crippen LogP contribution in [0.15, 0.2) is 24.3 Å². The van der Waals surface area contributed by atoms with E-state index in [1.807, 2.05) is 6.07 Å². The van der Waals surface area contributed by atoms with Crippen LogP contribution in [-0.4, -0.2) is 23.7 Å². The molecule has 5 heteroatoms. The van der Waals surface area contributed by atoms with Gasteiger partial charge in [-0.15, -0.1) is 11.8 Å². The normalized spacial score (nSPS) is 9.25. The van der Waals surface area contributed by atoms with Gasteiger partial charge in [0.2, 0.25) is 0 Å². The number of carboxylic acid groups (broad SMARTS) is 1.